The molecule has 0 aliphatic carbocycles. The number of allylic oxidation sites excluding steroid dienone is 2. The highest BCUT2D eigenvalue weighted by Crippen LogP contribution is 2.07. The van der Waals surface area contributed by atoms with Crippen molar-refractivity contribution in [1.82, 2.24) is 0 Å². The molecule has 1 aromatic carbocycles. The maximum atomic E-state index is 10.5. The number of carbonyl (C=O) groups is 1. The second kappa shape index (κ2) is 8.97. The molecule has 2 N–H and O–H groups in total. The number of nitrogen functional groups attached to an aromatic ring is 1. The van der Waals surface area contributed by atoms with Crippen molar-refractivity contribution in [2.45, 2.75) is 39.7 Å². The number of hydrogen-bond donors (Lipinski definition) is 1. The van der Waals surface area contributed by atoms with Crippen molar-refractivity contribution in [3.63, 3.8) is 0 Å². The van der Waals surface area contributed by atoms with Gasteiger partial charge in [-0.05, 0) is 51.8 Å². The van der Waals surface area contributed by atoms with Gasteiger partial charge in [0.15, 0.2) is 0 Å². The predicted molar refractivity (Wildman–Crippen MR) is 85.4 cm³/mol. The van der Waals surface area contributed by atoms with E-state index in [0.717, 1.165) is 18.2 Å². The first kappa shape index (κ1) is 18.0. The predicted octanol–water partition coefficient (Wildman–Crippen LogP) is 3.90. The standard InChI is InChI=1S/C10H13N.C7H12O2/c1-2-3-5-9-6-4-7-10(11)8-9;1-5-6(8)9-7(2,3)4/h2-4,6-8H,5,11H2,1H3;5H,1H2,2-4H3. The van der Waals surface area contributed by atoms with Crippen molar-refractivity contribution < 1.29 is 9.53 Å². The van der Waals surface area contributed by atoms with Crippen LogP contribution in [-0.2, 0) is 16.0 Å². The summed E-state index contributed by atoms with van der Waals surface area (Å²) < 4.78 is 4.83. The van der Waals surface area contributed by atoms with E-state index in [1.165, 1.54) is 5.56 Å². The van der Waals surface area contributed by atoms with E-state index in [-0.39, 0.29) is 5.97 Å². The van der Waals surface area contributed by atoms with Crippen LogP contribution in [0.3, 0.4) is 0 Å². The van der Waals surface area contributed by atoms with Crippen molar-refractivity contribution in [2.24, 2.45) is 0 Å². The van der Waals surface area contributed by atoms with Gasteiger partial charge in [-0.3, -0.25) is 0 Å². The third-order valence-electron chi connectivity index (χ3n) is 2.11. The number of rotatable bonds is 3. The van der Waals surface area contributed by atoms with E-state index in [9.17, 15) is 4.79 Å². The molecule has 20 heavy (non-hydrogen) atoms. The highest BCUT2D eigenvalue weighted by Gasteiger charge is 2.12. The van der Waals surface area contributed by atoms with Crippen LogP contribution in [0.5, 0.6) is 0 Å². The molecule has 3 heteroatoms. The Labute approximate surface area is 122 Å². The summed E-state index contributed by atoms with van der Waals surface area (Å²) in [5, 5.41) is 0. The molecule has 0 amide bonds. The van der Waals surface area contributed by atoms with Crippen LogP contribution in [0.25, 0.3) is 0 Å². The minimum absolute atomic E-state index is 0.373. The number of ether oxygens (including phenoxy) is 1. The van der Waals surface area contributed by atoms with Crippen molar-refractivity contribution in [2.75, 3.05) is 5.73 Å². The van der Waals surface area contributed by atoms with E-state index in [1.54, 1.807) is 0 Å². The van der Waals surface area contributed by atoms with Gasteiger partial charge in [-0.25, -0.2) is 4.79 Å². The fraction of sp³-hybridized carbons (Fsp3) is 0.353. The van der Waals surface area contributed by atoms with E-state index >= 15 is 0 Å². The molecule has 0 bridgehead atoms. The van der Waals surface area contributed by atoms with Gasteiger partial charge in [-0.15, -0.1) is 0 Å². The summed E-state index contributed by atoms with van der Waals surface area (Å²) in [6.07, 6.45) is 6.30. The number of esters is 1. The number of nitrogens with two attached hydrogens (primary N) is 1. The average molecular weight is 275 g/mol. The summed E-state index contributed by atoms with van der Waals surface area (Å²) in [4.78, 5) is 10.5. The highest BCUT2D eigenvalue weighted by molar-refractivity contribution is 5.81. The van der Waals surface area contributed by atoms with Gasteiger partial charge < -0.3 is 10.5 Å². The zero-order chi connectivity index (χ0) is 15.6. The SMILES string of the molecule is C=CC(=O)OC(C)(C)C.CC=CCc1cccc(N)c1. The van der Waals surface area contributed by atoms with Crippen LogP contribution < -0.4 is 5.73 Å². The number of hydrogen-bond acceptors (Lipinski definition) is 3. The summed E-state index contributed by atoms with van der Waals surface area (Å²) in [7, 11) is 0. The van der Waals surface area contributed by atoms with E-state index in [4.69, 9.17) is 10.5 Å². The molecule has 0 saturated heterocycles. The van der Waals surface area contributed by atoms with Crippen LogP contribution >= 0.6 is 0 Å². The Bertz CT molecular complexity index is 456. The average Bonchev–Trinajstić information content (AvgIpc) is 2.35. The lowest BCUT2D eigenvalue weighted by Gasteiger charge is -2.17. The molecule has 0 saturated carbocycles. The van der Waals surface area contributed by atoms with Crippen LogP contribution in [0, 0.1) is 0 Å². The molecule has 0 spiro atoms. The maximum absolute atomic E-state index is 10.5. The van der Waals surface area contributed by atoms with Crippen LogP contribution in [0.15, 0.2) is 49.1 Å². The number of carbonyl (C=O) groups excluding carboxylic acids is 1. The van der Waals surface area contributed by atoms with Gasteiger partial charge in [0.2, 0.25) is 0 Å². The Morgan fingerprint density at radius 1 is 1.40 bits per heavy atom. The van der Waals surface area contributed by atoms with Crippen LogP contribution in [0.1, 0.15) is 33.3 Å². The minimum atomic E-state index is -0.398. The first-order valence-corrected chi connectivity index (χ1v) is 6.59. The molecule has 0 atom stereocenters. The Kier molecular flexibility index (Phi) is 8.06. The maximum Gasteiger partial charge on any atom is 0.330 e. The highest BCUT2D eigenvalue weighted by atomic mass is 16.6. The number of anilines is 1. The van der Waals surface area contributed by atoms with Gasteiger partial charge in [0.1, 0.15) is 5.60 Å². The fourth-order valence-electron chi connectivity index (χ4n) is 1.32. The van der Waals surface area contributed by atoms with E-state index in [2.05, 4.69) is 18.7 Å². The Morgan fingerprint density at radius 2 is 2.05 bits per heavy atom. The number of benzene rings is 1. The molecule has 0 aliphatic heterocycles. The molecule has 110 valence electrons. The van der Waals surface area contributed by atoms with Gasteiger partial charge in [0.25, 0.3) is 0 Å². The summed E-state index contributed by atoms with van der Waals surface area (Å²) in [5.74, 6) is -0.373. The second-order valence-electron chi connectivity index (χ2n) is 5.26. The van der Waals surface area contributed by atoms with Crippen molar-refractivity contribution in [3.05, 3.63) is 54.6 Å². The molecule has 0 unspecified atom stereocenters. The first-order chi connectivity index (χ1) is 9.28. The smallest absolute Gasteiger partial charge is 0.330 e. The van der Waals surface area contributed by atoms with Crippen molar-refractivity contribution >= 4 is 11.7 Å². The zero-order valence-electron chi connectivity index (χ0n) is 12.8. The second-order valence-corrected chi connectivity index (χ2v) is 5.26. The van der Waals surface area contributed by atoms with Crippen LogP contribution in [0.4, 0.5) is 5.69 Å². The van der Waals surface area contributed by atoms with Gasteiger partial charge in [0, 0.05) is 11.8 Å². The van der Waals surface area contributed by atoms with Crippen molar-refractivity contribution in [1.29, 1.82) is 0 Å². The molecule has 0 fully saturated rings. The van der Waals surface area contributed by atoms with E-state index < -0.39 is 5.60 Å². The minimum Gasteiger partial charge on any atom is -0.457 e. The lowest BCUT2D eigenvalue weighted by molar-refractivity contribution is -0.148. The van der Waals surface area contributed by atoms with Gasteiger partial charge in [0.05, 0.1) is 0 Å². The van der Waals surface area contributed by atoms with Gasteiger partial charge in [-0.1, -0.05) is 30.9 Å². The normalized spacial score (nSPS) is 10.6. The molecule has 0 aliphatic rings. The fourth-order valence-corrected chi connectivity index (χ4v) is 1.32. The molecular formula is C17H25NO2. The van der Waals surface area contributed by atoms with Crippen LogP contribution in [-0.4, -0.2) is 11.6 Å². The Hall–Kier alpha value is -2.03. The van der Waals surface area contributed by atoms with Gasteiger partial charge in [-0.2, -0.15) is 0 Å². The zero-order valence-corrected chi connectivity index (χ0v) is 12.8. The van der Waals surface area contributed by atoms with Crippen LogP contribution in [0.2, 0.25) is 0 Å². The molecule has 3 nitrogen and oxygen atoms in total. The molecule has 0 heterocycles. The molecule has 0 radical (unpaired) electrons. The summed E-state index contributed by atoms with van der Waals surface area (Å²) >= 11 is 0. The topological polar surface area (TPSA) is 52.3 Å². The Morgan fingerprint density at radius 3 is 2.45 bits per heavy atom. The summed E-state index contributed by atoms with van der Waals surface area (Å²) in [6, 6.07) is 7.96. The van der Waals surface area contributed by atoms with E-state index in [0.29, 0.717) is 0 Å². The van der Waals surface area contributed by atoms with E-state index in [1.807, 2.05) is 52.0 Å². The largest absolute Gasteiger partial charge is 0.457 e. The van der Waals surface area contributed by atoms with Gasteiger partial charge >= 0.3 is 5.97 Å². The Balaban J connectivity index is 0.000000370. The molecule has 1 aromatic rings. The van der Waals surface area contributed by atoms with Crippen molar-refractivity contribution in [3.8, 4) is 0 Å². The monoisotopic (exact) mass is 275 g/mol. The summed E-state index contributed by atoms with van der Waals surface area (Å²) in [6.45, 7) is 10.7. The molecule has 0 aromatic heterocycles. The lowest BCUT2D eigenvalue weighted by atomic mass is 10.1. The lowest BCUT2D eigenvalue weighted by Crippen LogP contribution is -2.22. The third-order valence-corrected chi connectivity index (χ3v) is 2.11. The summed E-state index contributed by atoms with van der Waals surface area (Å²) in [5.41, 5.74) is 7.32. The first-order valence-electron chi connectivity index (χ1n) is 6.59. The molecular weight excluding hydrogens is 250 g/mol. The quantitative estimate of drug-likeness (QED) is 0.394. The molecule has 1 rings (SSSR count). The third kappa shape index (κ3) is 9.95.